The lowest BCUT2D eigenvalue weighted by Gasteiger charge is -2.07. The molecule has 1 N–H and O–H groups in total. The second kappa shape index (κ2) is 5.28. The number of hydrogen-bond donors (Lipinski definition) is 1. The molecular weight excluding hydrogens is 254 g/mol. The van der Waals surface area contributed by atoms with E-state index < -0.39 is 0 Å². The van der Waals surface area contributed by atoms with E-state index in [0.29, 0.717) is 5.95 Å². The molecular formula is C15H13N3S. The van der Waals surface area contributed by atoms with Gasteiger partial charge in [-0.05, 0) is 18.2 Å². The summed E-state index contributed by atoms with van der Waals surface area (Å²) in [6, 6.07) is 18.3. The highest BCUT2D eigenvalue weighted by molar-refractivity contribution is 7.99. The predicted molar refractivity (Wildman–Crippen MR) is 79.6 cm³/mol. The fraction of sp³-hybridized carbons (Fsp3) is 0.0667. The van der Waals surface area contributed by atoms with Gasteiger partial charge >= 0.3 is 0 Å². The van der Waals surface area contributed by atoms with Crippen LogP contribution in [0.15, 0.2) is 64.5 Å². The minimum Gasteiger partial charge on any atom is -0.357 e. The van der Waals surface area contributed by atoms with Crippen LogP contribution < -0.4 is 5.32 Å². The Morgan fingerprint density at radius 1 is 0.895 bits per heavy atom. The smallest absolute Gasteiger partial charge is 0.224 e. The van der Waals surface area contributed by atoms with E-state index in [1.165, 1.54) is 4.90 Å². The summed E-state index contributed by atoms with van der Waals surface area (Å²) < 4.78 is 0. The van der Waals surface area contributed by atoms with E-state index in [-0.39, 0.29) is 0 Å². The van der Waals surface area contributed by atoms with Crippen LogP contribution in [0.3, 0.4) is 0 Å². The number of benzene rings is 2. The lowest BCUT2D eigenvalue weighted by molar-refractivity contribution is 1.09. The summed E-state index contributed by atoms with van der Waals surface area (Å²) >= 11 is 1.66. The standard InChI is InChI=1S/C15H13N3S/c1-16-15-17-13-10-6-5-9-12(13)14(18-15)19-11-7-3-2-4-8-11/h2-10H,1H3,(H,16,17,18). The molecule has 0 atom stereocenters. The first-order chi connectivity index (χ1) is 9.36. The molecule has 0 unspecified atom stereocenters. The first kappa shape index (κ1) is 12.0. The highest BCUT2D eigenvalue weighted by Crippen LogP contribution is 2.31. The van der Waals surface area contributed by atoms with Gasteiger partial charge in [-0.15, -0.1) is 0 Å². The molecule has 0 spiro atoms. The fourth-order valence-electron chi connectivity index (χ4n) is 1.84. The summed E-state index contributed by atoms with van der Waals surface area (Å²) in [5.74, 6) is 0.650. The molecule has 0 fully saturated rings. The van der Waals surface area contributed by atoms with Crippen molar-refractivity contribution in [2.45, 2.75) is 9.92 Å². The van der Waals surface area contributed by atoms with Crippen molar-refractivity contribution in [3.63, 3.8) is 0 Å². The van der Waals surface area contributed by atoms with Crippen molar-refractivity contribution < 1.29 is 0 Å². The summed E-state index contributed by atoms with van der Waals surface area (Å²) in [4.78, 5) is 10.2. The molecule has 0 bridgehead atoms. The van der Waals surface area contributed by atoms with Crippen molar-refractivity contribution in [3.8, 4) is 0 Å². The number of nitrogens with zero attached hydrogens (tertiary/aromatic N) is 2. The second-order valence-electron chi connectivity index (χ2n) is 4.03. The summed E-state index contributed by atoms with van der Waals surface area (Å²) in [7, 11) is 1.83. The quantitative estimate of drug-likeness (QED) is 0.732. The van der Waals surface area contributed by atoms with Gasteiger partial charge in [0, 0.05) is 17.3 Å². The second-order valence-corrected chi connectivity index (χ2v) is 5.10. The van der Waals surface area contributed by atoms with Crippen LogP contribution in [-0.4, -0.2) is 17.0 Å². The molecule has 0 saturated heterocycles. The van der Waals surface area contributed by atoms with Crippen LogP contribution >= 0.6 is 11.8 Å². The summed E-state index contributed by atoms with van der Waals surface area (Å²) in [5.41, 5.74) is 0.959. The van der Waals surface area contributed by atoms with Crippen molar-refractivity contribution in [2.24, 2.45) is 0 Å². The number of hydrogen-bond acceptors (Lipinski definition) is 4. The lowest BCUT2D eigenvalue weighted by atomic mass is 10.2. The van der Waals surface area contributed by atoms with Crippen LogP contribution in [0.25, 0.3) is 10.9 Å². The molecule has 3 aromatic rings. The van der Waals surface area contributed by atoms with Crippen molar-refractivity contribution in [2.75, 3.05) is 12.4 Å². The van der Waals surface area contributed by atoms with Crippen LogP contribution in [0.4, 0.5) is 5.95 Å². The first-order valence-electron chi connectivity index (χ1n) is 6.04. The van der Waals surface area contributed by atoms with E-state index in [1.54, 1.807) is 11.8 Å². The van der Waals surface area contributed by atoms with E-state index in [4.69, 9.17) is 0 Å². The Morgan fingerprint density at radius 3 is 2.42 bits per heavy atom. The van der Waals surface area contributed by atoms with Gasteiger partial charge in [-0.3, -0.25) is 0 Å². The zero-order valence-corrected chi connectivity index (χ0v) is 11.3. The minimum absolute atomic E-state index is 0.650. The molecule has 0 saturated carbocycles. The molecule has 0 radical (unpaired) electrons. The van der Waals surface area contributed by atoms with E-state index in [0.717, 1.165) is 15.9 Å². The van der Waals surface area contributed by atoms with Crippen molar-refractivity contribution in [3.05, 3.63) is 54.6 Å². The van der Waals surface area contributed by atoms with Crippen LogP contribution in [-0.2, 0) is 0 Å². The van der Waals surface area contributed by atoms with E-state index in [9.17, 15) is 0 Å². The van der Waals surface area contributed by atoms with Gasteiger partial charge in [0.2, 0.25) is 5.95 Å². The van der Waals surface area contributed by atoms with Gasteiger partial charge in [0.25, 0.3) is 0 Å². The summed E-state index contributed by atoms with van der Waals surface area (Å²) in [5, 5.41) is 5.06. The normalized spacial score (nSPS) is 10.6. The first-order valence-corrected chi connectivity index (χ1v) is 6.86. The van der Waals surface area contributed by atoms with Gasteiger partial charge in [-0.2, -0.15) is 0 Å². The molecule has 1 aromatic heterocycles. The van der Waals surface area contributed by atoms with Crippen molar-refractivity contribution in [1.82, 2.24) is 9.97 Å². The third-order valence-corrected chi connectivity index (χ3v) is 3.76. The van der Waals surface area contributed by atoms with Gasteiger partial charge in [0.05, 0.1) is 5.52 Å². The largest absolute Gasteiger partial charge is 0.357 e. The van der Waals surface area contributed by atoms with Gasteiger partial charge in [0.15, 0.2) is 0 Å². The maximum atomic E-state index is 4.56. The van der Waals surface area contributed by atoms with E-state index in [1.807, 2.05) is 43.4 Å². The third kappa shape index (κ3) is 2.53. The maximum Gasteiger partial charge on any atom is 0.224 e. The monoisotopic (exact) mass is 267 g/mol. The Kier molecular flexibility index (Phi) is 3.33. The number of aromatic nitrogens is 2. The molecule has 0 aliphatic carbocycles. The molecule has 3 nitrogen and oxygen atoms in total. The number of fused-ring (bicyclic) bond motifs is 1. The zero-order valence-electron chi connectivity index (χ0n) is 10.5. The van der Waals surface area contributed by atoms with Gasteiger partial charge in [0.1, 0.15) is 5.03 Å². The third-order valence-electron chi connectivity index (χ3n) is 2.75. The number of rotatable bonds is 3. The highest BCUT2D eigenvalue weighted by atomic mass is 32.2. The van der Waals surface area contributed by atoms with Crippen LogP contribution in [0.1, 0.15) is 0 Å². The Hall–Kier alpha value is -2.07. The van der Waals surface area contributed by atoms with Gasteiger partial charge in [-0.25, -0.2) is 9.97 Å². The summed E-state index contributed by atoms with van der Waals surface area (Å²) in [6.45, 7) is 0. The number of nitrogens with one attached hydrogen (secondary N) is 1. The van der Waals surface area contributed by atoms with Crippen LogP contribution in [0.5, 0.6) is 0 Å². The minimum atomic E-state index is 0.650. The average Bonchev–Trinajstić information content (AvgIpc) is 2.48. The number of anilines is 1. The molecule has 3 rings (SSSR count). The Morgan fingerprint density at radius 2 is 1.63 bits per heavy atom. The zero-order chi connectivity index (χ0) is 13.1. The number of para-hydroxylation sites is 1. The molecule has 1 heterocycles. The Bertz CT molecular complexity index is 698. The SMILES string of the molecule is CNc1nc(Sc2ccccc2)c2ccccc2n1. The van der Waals surface area contributed by atoms with Crippen molar-refractivity contribution >= 4 is 28.6 Å². The molecule has 0 amide bonds. The molecule has 19 heavy (non-hydrogen) atoms. The van der Waals surface area contributed by atoms with E-state index in [2.05, 4.69) is 33.5 Å². The molecule has 2 aromatic carbocycles. The highest BCUT2D eigenvalue weighted by Gasteiger charge is 2.07. The van der Waals surface area contributed by atoms with E-state index >= 15 is 0 Å². The Labute approximate surface area is 116 Å². The van der Waals surface area contributed by atoms with Crippen LogP contribution in [0, 0.1) is 0 Å². The molecule has 0 aliphatic heterocycles. The topological polar surface area (TPSA) is 37.8 Å². The molecule has 94 valence electrons. The lowest BCUT2D eigenvalue weighted by Crippen LogP contribution is -1.98. The van der Waals surface area contributed by atoms with Crippen molar-refractivity contribution in [1.29, 1.82) is 0 Å². The molecule has 0 aliphatic rings. The van der Waals surface area contributed by atoms with Gasteiger partial charge in [-0.1, -0.05) is 48.2 Å². The predicted octanol–water partition coefficient (Wildman–Crippen LogP) is 3.82. The Balaban J connectivity index is 2.11. The fourth-order valence-corrected chi connectivity index (χ4v) is 2.77. The maximum absolute atomic E-state index is 4.56. The van der Waals surface area contributed by atoms with Crippen LogP contribution in [0.2, 0.25) is 0 Å². The average molecular weight is 267 g/mol. The summed E-state index contributed by atoms with van der Waals surface area (Å²) in [6.07, 6.45) is 0. The van der Waals surface area contributed by atoms with Gasteiger partial charge < -0.3 is 5.32 Å². The molecule has 4 heteroatoms.